The Labute approximate surface area is 162 Å². The summed E-state index contributed by atoms with van der Waals surface area (Å²) in [4.78, 5) is 23.9. The molecule has 0 saturated heterocycles. The van der Waals surface area contributed by atoms with E-state index in [9.17, 15) is 14.0 Å². The zero-order valence-electron chi connectivity index (χ0n) is 14.8. The second-order valence-corrected chi connectivity index (χ2v) is 5.87. The van der Waals surface area contributed by atoms with Crippen LogP contribution in [-0.2, 0) is 22.7 Å². The van der Waals surface area contributed by atoms with Gasteiger partial charge in [0.05, 0.1) is 0 Å². The van der Waals surface area contributed by atoms with E-state index in [1.165, 1.54) is 24.3 Å². The van der Waals surface area contributed by atoms with Crippen LogP contribution >= 0.6 is 0 Å². The summed E-state index contributed by atoms with van der Waals surface area (Å²) in [6.07, 6.45) is 0. The van der Waals surface area contributed by atoms with Crippen LogP contribution in [0.3, 0.4) is 0 Å². The number of rotatable bonds is 6. The average molecular weight is 396 g/mol. The molecule has 0 unspecified atom stereocenters. The summed E-state index contributed by atoms with van der Waals surface area (Å²) in [5.41, 5.74) is 1.13. The predicted octanol–water partition coefficient (Wildman–Crippen LogP) is 2.44. The Hall–Kier alpha value is -4.08. The molecule has 0 aliphatic rings. The van der Waals surface area contributed by atoms with Gasteiger partial charge in [-0.05, 0) is 36.4 Å². The molecule has 0 N–H and O–H groups in total. The number of nitrogens with zero attached hydrogens (tertiary/aromatic N) is 4. The fraction of sp³-hybridized carbons (Fsp3) is 0.105. The molecule has 0 spiro atoms. The van der Waals surface area contributed by atoms with Gasteiger partial charge in [0.2, 0.25) is 11.8 Å². The standard InChI is InChI=1S/C19H13FN4O5/c20-14-8-6-13(7-9-14)18-23-24(19(26)29-18)10-16(25)27-11-15-21-22-17(28-15)12-4-2-1-3-5-12/h1-9H,10-11H2. The first-order chi connectivity index (χ1) is 14.1. The zero-order chi connectivity index (χ0) is 20.2. The summed E-state index contributed by atoms with van der Waals surface area (Å²) in [5.74, 6) is -1.65. The smallest absolute Gasteiger partial charge is 0.437 e. The average Bonchev–Trinajstić information content (AvgIpc) is 3.35. The summed E-state index contributed by atoms with van der Waals surface area (Å²) >= 11 is 0. The molecule has 2 aromatic carbocycles. The van der Waals surface area contributed by atoms with Gasteiger partial charge in [-0.3, -0.25) is 4.79 Å². The second kappa shape index (κ2) is 7.89. The third kappa shape index (κ3) is 4.26. The van der Waals surface area contributed by atoms with Gasteiger partial charge in [-0.1, -0.05) is 18.2 Å². The maximum Gasteiger partial charge on any atom is 0.437 e. The molecule has 29 heavy (non-hydrogen) atoms. The maximum absolute atomic E-state index is 13.0. The monoisotopic (exact) mass is 396 g/mol. The van der Waals surface area contributed by atoms with Crippen LogP contribution in [0.4, 0.5) is 4.39 Å². The molecule has 0 saturated carbocycles. The van der Waals surface area contributed by atoms with Gasteiger partial charge in [0, 0.05) is 11.1 Å². The summed E-state index contributed by atoms with van der Waals surface area (Å²) in [5, 5.41) is 11.6. The molecule has 0 radical (unpaired) electrons. The first-order valence-electron chi connectivity index (χ1n) is 8.46. The van der Waals surface area contributed by atoms with Crippen molar-refractivity contribution in [1.29, 1.82) is 0 Å². The van der Waals surface area contributed by atoms with Crippen molar-refractivity contribution in [3.05, 3.63) is 76.9 Å². The molecule has 146 valence electrons. The number of halogens is 1. The summed E-state index contributed by atoms with van der Waals surface area (Å²) < 4.78 is 29.3. The van der Waals surface area contributed by atoms with Crippen molar-refractivity contribution in [1.82, 2.24) is 20.0 Å². The Balaban J connectivity index is 1.37. The summed E-state index contributed by atoms with van der Waals surface area (Å²) in [7, 11) is 0. The molecule has 4 aromatic rings. The number of ether oxygens (including phenoxy) is 1. The minimum absolute atomic E-state index is 0.0350. The van der Waals surface area contributed by atoms with E-state index in [0.717, 1.165) is 10.2 Å². The molecule has 0 fully saturated rings. The molecule has 0 aliphatic heterocycles. The van der Waals surface area contributed by atoms with Crippen LogP contribution in [0.2, 0.25) is 0 Å². The van der Waals surface area contributed by atoms with Gasteiger partial charge >= 0.3 is 11.7 Å². The van der Waals surface area contributed by atoms with Gasteiger partial charge in [0.1, 0.15) is 12.4 Å². The van der Waals surface area contributed by atoms with Gasteiger partial charge in [0.15, 0.2) is 6.61 Å². The molecular weight excluding hydrogens is 383 g/mol. The van der Waals surface area contributed by atoms with Crippen molar-refractivity contribution in [3.8, 4) is 22.9 Å². The predicted molar refractivity (Wildman–Crippen MR) is 95.7 cm³/mol. The quantitative estimate of drug-likeness (QED) is 0.457. The number of benzene rings is 2. The lowest BCUT2D eigenvalue weighted by Crippen LogP contribution is -2.23. The van der Waals surface area contributed by atoms with E-state index in [4.69, 9.17) is 13.6 Å². The molecule has 0 atom stereocenters. The number of hydrogen-bond acceptors (Lipinski definition) is 8. The van der Waals surface area contributed by atoms with E-state index in [1.54, 1.807) is 12.1 Å². The Morgan fingerprint density at radius 1 is 0.966 bits per heavy atom. The van der Waals surface area contributed by atoms with Crippen LogP contribution in [0.5, 0.6) is 0 Å². The first kappa shape index (κ1) is 18.3. The lowest BCUT2D eigenvalue weighted by atomic mass is 10.2. The van der Waals surface area contributed by atoms with Crippen LogP contribution < -0.4 is 5.76 Å². The number of carbonyl (C=O) groups is 1. The Kier molecular flexibility index (Phi) is 4.97. The van der Waals surface area contributed by atoms with Gasteiger partial charge in [-0.25, -0.2) is 9.18 Å². The highest BCUT2D eigenvalue weighted by molar-refractivity contribution is 5.69. The van der Waals surface area contributed by atoms with E-state index in [0.29, 0.717) is 11.5 Å². The van der Waals surface area contributed by atoms with Crippen molar-refractivity contribution in [2.45, 2.75) is 13.2 Å². The third-order valence-electron chi connectivity index (χ3n) is 3.82. The highest BCUT2D eigenvalue weighted by Crippen LogP contribution is 2.17. The van der Waals surface area contributed by atoms with E-state index >= 15 is 0 Å². The number of esters is 1. The molecule has 2 aromatic heterocycles. The van der Waals surface area contributed by atoms with Crippen molar-refractivity contribution < 1.29 is 22.8 Å². The number of aromatic nitrogens is 4. The van der Waals surface area contributed by atoms with Crippen LogP contribution in [0.25, 0.3) is 22.9 Å². The summed E-state index contributed by atoms with van der Waals surface area (Å²) in [6.45, 7) is -0.723. The fourth-order valence-corrected chi connectivity index (χ4v) is 2.43. The van der Waals surface area contributed by atoms with Crippen molar-refractivity contribution in [2.75, 3.05) is 0 Å². The SMILES string of the molecule is O=C(Cn1nc(-c2ccc(F)cc2)oc1=O)OCc1nnc(-c2ccccc2)o1. The van der Waals surface area contributed by atoms with Crippen molar-refractivity contribution >= 4 is 5.97 Å². The van der Waals surface area contributed by atoms with Gasteiger partial charge < -0.3 is 13.6 Å². The lowest BCUT2D eigenvalue weighted by molar-refractivity contribution is -0.146. The number of carbonyl (C=O) groups excluding carboxylic acids is 1. The minimum atomic E-state index is -0.842. The molecule has 4 rings (SSSR count). The van der Waals surface area contributed by atoms with Crippen LogP contribution in [0, 0.1) is 5.82 Å². The van der Waals surface area contributed by atoms with Crippen LogP contribution in [0.1, 0.15) is 5.89 Å². The van der Waals surface area contributed by atoms with E-state index in [1.807, 2.05) is 18.2 Å². The van der Waals surface area contributed by atoms with Gasteiger partial charge in [-0.2, -0.15) is 4.68 Å². The maximum atomic E-state index is 13.0. The first-order valence-corrected chi connectivity index (χ1v) is 8.46. The molecular formula is C19H13FN4O5. The molecule has 2 heterocycles. The van der Waals surface area contributed by atoms with E-state index in [2.05, 4.69) is 15.3 Å². The van der Waals surface area contributed by atoms with Gasteiger partial charge in [-0.15, -0.1) is 15.3 Å². The highest BCUT2D eigenvalue weighted by atomic mass is 19.1. The summed E-state index contributed by atoms with van der Waals surface area (Å²) in [6, 6.07) is 14.3. The van der Waals surface area contributed by atoms with Crippen LogP contribution in [-0.4, -0.2) is 25.9 Å². The molecule has 0 amide bonds. The number of hydrogen-bond donors (Lipinski definition) is 0. The molecule has 0 aliphatic carbocycles. The fourth-order valence-electron chi connectivity index (χ4n) is 2.43. The highest BCUT2D eigenvalue weighted by Gasteiger charge is 2.16. The molecule has 10 heteroatoms. The topological polar surface area (TPSA) is 113 Å². The Bertz CT molecular complexity index is 1180. The molecule has 0 bridgehead atoms. The Morgan fingerprint density at radius 3 is 2.45 bits per heavy atom. The van der Waals surface area contributed by atoms with E-state index < -0.39 is 24.1 Å². The normalized spacial score (nSPS) is 10.8. The van der Waals surface area contributed by atoms with Gasteiger partial charge in [0.25, 0.3) is 5.89 Å². The van der Waals surface area contributed by atoms with Crippen molar-refractivity contribution in [3.63, 3.8) is 0 Å². The zero-order valence-corrected chi connectivity index (χ0v) is 14.8. The second-order valence-electron chi connectivity index (χ2n) is 5.87. The van der Waals surface area contributed by atoms with Crippen LogP contribution in [0.15, 0.2) is 68.2 Å². The largest absolute Gasteiger partial charge is 0.454 e. The minimum Gasteiger partial charge on any atom is -0.454 e. The van der Waals surface area contributed by atoms with Crippen molar-refractivity contribution in [2.24, 2.45) is 0 Å². The Morgan fingerprint density at radius 2 is 1.69 bits per heavy atom. The van der Waals surface area contributed by atoms with E-state index in [-0.39, 0.29) is 18.4 Å². The molecule has 9 nitrogen and oxygen atoms in total. The third-order valence-corrected chi connectivity index (χ3v) is 3.82. The lowest BCUT2D eigenvalue weighted by Gasteiger charge is -2.00.